The molecule has 1 unspecified atom stereocenters. The van der Waals surface area contributed by atoms with Gasteiger partial charge in [-0.3, -0.25) is 0 Å². The van der Waals surface area contributed by atoms with Crippen molar-refractivity contribution in [2.24, 2.45) is 0 Å². The third-order valence-electron chi connectivity index (χ3n) is 3.11. The molecule has 0 spiro atoms. The van der Waals surface area contributed by atoms with Crippen LogP contribution >= 0.6 is 0 Å². The number of alkyl carbamates (subject to hydrolysis) is 1. The number of anilines is 1. The van der Waals surface area contributed by atoms with E-state index in [9.17, 15) is 4.79 Å². The molecule has 0 aliphatic rings. The zero-order valence-corrected chi connectivity index (χ0v) is 14.2. The number of benzene rings is 1. The first-order valence-corrected chi connectivity index (χ1v) is 7.80. The van der Waals surface area contributed by atoms with Gasteiger partial charge in [-0.15, -0.1) is 0 Å². The van der Waals surface area contributed by atoms with Crippen LogP contribution in [0.25, 0.3) is 5.69 Å². The molecule has 124 valence electrons. The van der Waals surface area contributed by atoms with Gasteiger partial charge in [0.2, 0.25) is 0 Å². The fraction of sp³-hybridized carbons (Fsp3) is 0.389. The third-order valence-corrected chi connectivity index (χ3v) is 3.11. The Labute approximate surface area is 137 Å². The average molecular weight is 315 g/mol. The van der Waals surface area contributed by atoms with E-state index in [4.69, 9.17) is 4.74 Å². The molecule has 2 aromatic rings. The van der Waals surface area contributed by atoms with E-state index in [0.717, 1.165) is 11.4 Å². The molecule has 1 aromatic carbocycles. The molecule has 2 N–H and O–H groups in total. The lowest BCUT2D eigenvalue weighted by atomic mass is 10.2. The Bertz CT molecular complexity index is 630. The summed E-state index contributed by atoms with van der Waals surface area (Å²) in [5, 5.41) is 6.15. The highest BCUT2D eigenvalue weighted by molar-refractivity contribution is 5.67. The number of nitrogens with one attached hydrogen (secondary N) is 2. The van der Waals surface area contributed by atoms with E-state index in [-0.39, 0.29) is 6.04 Å². The summed E-state index contributed by atoms with van der Waals surface area (Å²) < 4.78 is 7.28. The second-order valence-electron chi connectivity index (χ2n) is 6.57. The summed E-state index contributed by atoms with van der Waals surface area (Å²) in [5.74, 6) is 0. The second kappa shape index (κ2) is 7.22. The van der Waals surface area contributed by atoms with Crippen LogP contribution < -0.4 is 10.6 Å². The average Bonchev–Trinajstić information content (AvgIpc) is 2.98. The van der Waals surface area contributed by atoms with E-state index >= 15 is 0 Å². The van der Waals surface area contributed by atoms with Crippen LogP contribution in [-0.2, 0) is 4.74 Å². The van der Waals surface area contributed by atoms with Crippen molar-refractivity contribution in [3.8, 4) is 5.69 Å². The number of nitrogens with zero attached hydrogens (tertiary/aromatic N) is 1. The number of hydrogen-bond acceptors (Lipinski definition) is 3. The molecular formula is C18H25N3O2. The standard InChI is InChI=1S/C18H25N3O2/c1-14(13-19-17(22)23-18(2,3)4)20-15-8-7-9-16(12-15)21-10-5-6-11-21/h5-12,14,20H,13H2,1-4H3,(H,19,22). The first kappa shape index (κ1) is 16.9. The van der Waals surface area contributed by atoms with Gasteiger partial charge in [-0.2, -0.15) is 0 Å². The number of carbonyl (C=O) groups is 1. The molecule has 0 saturated heterocycles. The number of ether oxygens (including phenoxy) is 1. The fourth-order valence-corrected chi connectivity index (χ4v) is 2.15. The molecule has 1 aromatic heterocycles. The molecule has 0 saturated carbocycles. The van der Waals surface area contributed by atoms with Crippen LogP contribution in [0.2, 0.25) is 0 Å². The Morgan fingerprint density at radius 2 is 1.91 bits per heavy atom. The minimum atomic E-state index is -0.480. The summed E-state index contributed by atoms with van der Waals surface area (Å²) in [7, 11) is 0. The highest BCUT2D eigenvalue weighted by Gasteiger charge is 2.16. The van der Waals surface area contributed by atoms with Crippen molar-refractivity contribution in [3.05, 3.63) is 48.8 Å². The highest BCUT2D eigenvalue weighted by atomic mass is 16.6. The van der Waals surface area contributed by atoms with E-state index in [1.807, 2.05) is 64.4 Å². The predicted octanol–water partition coefficient (Wildman–Crippen LogP) is 3.80. The van der Waals surface area contributed by atoms with E-state index in [1.165, 1.54) is 0 Å². The first-order chi connectivity index (χ1) is 10.8. The van der Waals surface area contributed by atoms with E-state index < -0.39 is 11.7 Å². The normalized spacial score (nSPS) is 12.5. The van der Waals surface area contributed by atoms with Gasteiger partial charge in [0.15, 0.2) is 0 Å². The second-order valence-corrected chi connectivity index (χ2v) is 6.57. The van der Waals surface area contributed by atoms with Gasteiger partial charge >= 0.3 is 6.09 Å². The van der Waals surface area contributed by atoms with Crippen LogP contribution in [0.3, 0.4) is 0 Å². The summed E-state index contributed by atoms with van der Waals surface area (Å²) >= 11 is 0. The lowest BCUT2D eigenvalue weighted by molar-refractivity contribution is 0.0526. The van der Waals surface area contributed by atoms with Crippen molar-refractivity contribution < 1.29 is 9.53 Å². The first-order valence-electron chi connectivity index (χ1n) is 7.80. The van der Waals surface area contributed by atoms with Gasteiger partial charge < -0.3 is 19.9 Å². The molecule has 0 aliphatic heterocycles. The van der Waals surface area contributed by atoms with Crippen LogP contribution in [0.15, 0.2) is 48.8 Å². The Morgan fingerprint density at radius 1 is 1.22 bits per heavy atom. The largest absolute Gasteiger partial charge is 0.444 e. The zero-order chi connectivity index (χ0) is 16.9. The molecule has 1 heterocycles. The topological polar surface area (TPSA) is 55.3 Å². The minimum Gasteiger partial charge on any atom is -0.444 e. The maximum Gasteiger partial charge on any atom is 0.407 e. The molecule has 0 fully saturated rings. The van der Waals surface area contributed by atoms with Crippen LogP contribution in [0.4, 0.5) is 10.5 Å². The lowest BCUT2D eigenvalue weighted by Gasteiger charge is -2.21. The number of rotatable bonds is 5. The van der Waals surface area contributed by atoms with Crippen molar-refractivity contribution in [1.29, 1.82) is 0 Å². The Balaban J connectivity index is 1.87. The minimum absolute atomic E-state index is 0.0856. The van der Waals surface area contributed by atoms with Crippen LogP contribution in [0.5, 0.6) is 0 Å². The van der Waals surface area contributed by atoms with Crippen molar-refractivity contribution in [1.82, 2.24) is 9.88 Å². The van der Waals surface area contributed by atoms with Crippen LogP contribution in [0, 0.1) is 0 Å². The monoisotopic (exact) mass is 315 g/mol. The molecule has 5 heteroatoms. The van der Waals surface area contributed by atoms with E-state index in [1.54, 1.807) is 0 Å². The maximum absolute atomic E-state index is 11.7. The van der Waals surface area contributed by atoms with E-state index in [2.05, 4.69) is 27.3 Å². The number of hydrogen-bond donors (Lipinski definition) is 2. The Morgan fingerprint density at radius 3 is 2.57 bits per heavy atom. The van der Waals surface area contributed by atoms with Gasteiger partial charge in [0.25, 0.3) is 0 Å². The molecule has 1 atom stereocenters. The molecule has 0 bridgehead atoms. The summed E-state index contributed by atoms with van der Waals surface area (Å²) in [6, 6.07) is 12.2. The van der Waals surface area contributed by atoms with Gasteiger partial charge in [0.05, 0.1) is 0 Å². The fourth-order valence-electron chi connectivity index (χ4n) is 2.15. The lowest BCUT2D eigenvalue weighted by Crippen LogP contribution is -2.38. The maximum atomic E-state index is 11.7. The van der Waals surface area contributed by atoms with Crippen LogP contribution in [-0.4, -0.2) is 28.8 Å². The number of carbonyl (C=O) groups excluding carboxylic acids is 1. The highest BCUT2D eigenvalue weighted by Crippen LogP contribution is 2.15. The molecule has 1 amide bonds. The van der Waals surface area contributed by atoms with Crippen LogP contribution in [0.1, 0.15) is 27.7 Å². The molecule has 5 nitrogen and oxygen atoms in total. The van der Waals surface area contributed by atoms with Crippen molar-refractivity contribution in [2.75, 3.05) is 11.9 Å². The van der Waals surface area contributed by atoms with E-state index in [0.29, 0.717) is 6.54 Å². The molecule has 2 rings (SSSR count). The summed E-state index contributed by atoms with van der Waals surface area (Å²) in [5.41, 5.74) is 1.62. The molecule has 0 aliphatic carbocycles. The number of aromatic nitrogens is 1. The third kappa shape index (κ3) is 5.70. The summed E-state index contributed by atoms with van der Waals surface area (Å²) in [4.78, 5) is 11.7. The quantitative estimate of drug-likeness (QED) is 0.882. The van der Waals surface area contributed by atoms with Gasteiger partial charge in [0, 0.05) is 36.4 Å². The van der Waals surface area contributed by atoms with Gasteiger partial charge in [-0.25, -0.2) is 4.79 Å². The SMILES string of the molecule is CC(CNC(=O)OC(C)(C)C)Nc1cccc(-n2cccc2)c1. The summed E-state index contributed by atoms with van der Waals surface area (Å²) in [6.07, 6.45) is 3.62. The number of amides is 1. The Kier molecular flexibility index (Phi) is 5.32. The molecule has 0 radical (unpaired) electrons. The Hall–Kier alpha value is -2.43. The predicted molar refractivity (Wildman–Crippen MR) is 93.1 cm³/mol. The van der Waals surface area contributed by atoms with Gasteiger partial charge in [-0.05, 0) is 58.0 Å². The smallest absolute Gasteiger partial charge is 0.407 e. The van der Waals surface area contributed by atoms with Crippen molar-refractivity contribution >= 4 is 11.8 Å². The molecule has 23 heavy (non-hydrogen) atoms. The zero-order valence-electron chi connectivity index (χ0n) is 14.2. The van der Waals surface area contributed by atoms with Gasteiger partial charge in [0.1, 0.15) is 5.60 Å². The van der Waals surface area contributed by atoms with Gasteiger partial charge in [-0.1, -0.05) is 6.07 Å². The van der Waals surface area contributed by atoms with Crippen molar-refractivity contribution in [2.45, 2.75) is 39.3 Å². The van der Waals surface area contributed by atoms with Crippen molar-refractivity contribution in [3.63, 3.8) is 0 Å². The summed E-state index contributed by atoms with van der Waals surface area (Å²) in [6.45, 7) is 8.05. The molecular weight excluding hydrogens is 290 g/mol.